The van der Waals surface area contributed by atoms with Gasteiger partial charge in [-0.2, -0.15) is 0 Å². The van der Waals surface area contributed by atoms with Gasteiger partial charge in [0.05, 0.1) is 10.9 Å². The van der Waals surface area contributed by atoms with Crippen molar-refractivity contribution in [3.8, 4) is 0 Å². The van der Waals surface area contributed by atoms with Crippen LogP contribution in [0.1, 0.15) is 44.2 Å². The maximum Gasteiger partial charge on any atom is 0.317 e. The number of nitrogens with one attached hydrogen (secondary N) is 1. The second-order valence-corrected chi connectivity index (χ2v) is 7.93. The van der Waals surface area contributed by atoms with Crippen LogP contribution in [0.2, 0.25) is 0 Å². The fourth-order valence-corrected chi connectivity index (χ4v) is 3.27. The summed E-state index contributed by atoms with van der Waals surface area (Å²) in [5.74, 6) is 0. The number of hydrogen-bond acceptors (Lipinski definition) is 3. The molecular weight excluding hydrogens is 300 g/mol. The average Bonchev–Trinajstić information content (AvgIpc) is 2.75. The van der Waals surface area contributed by atoms with E-state index in [0.717, 1.165) is 31.5 Å². The second-order valence-electron chi connectivity index (χ2n) is 5.91. The molecule has 1 heterocycles. The molecule has 1 aromatic rings. The van der Waals surface area contributed by atoms with E-state index in [1.54, 1.807) is 24.3 Å². The highest BCUT2D eigenvalue weighted by Gasteiger charge is 2.18. The lowest BCUT2D eigenvalue weighted by Gasteiger charge is -2.24. The van der Waals surface area contributed by atoms with Crippen molar-refractivity contribution in [2.45, 2.75) is 43.5 Å². The topological polar surface area (TPSA) is 66.5 Å². The smallest absolute Gasteiger partial charge is 0.317 e. The SMILES string of the molecule is CC(NC(=O)N1CCCCCC1)c1ccc(S(C)(=O)=O)cc1. The zero-order valence-electron chi connectivity index (χ0n) is 13.2. The molecule has 1 N–H and O–H groups in total. The van der Waals surface area contributed by atoms with Crippen molar-refractivity contribution >= 4 is 15.9 Å². The first-order valence-electron chi connectivity index (χ1n) is 7.73. The summed E-state index contributed by atoms with van der Waals surface area (Å²) >= 11 is 0. The van der Waals surface area contributed by atoms with Crippen LogP contribution < -0.4 is 5.32 Å². The fraction of sp³-hybridized carbons (Fsp3) is 0.562. The summed E-state index contributed by atoms with van der Waals surface area (Å²) in [6.07, 6.45) is 5.68. The number of sulfone groups is 1. The summed E-state index contributed by atoms with van der Waals surface area (Å²) in [5.41, 5.74) is 0.899. The van der Waals surface area contributed by atoms with Crippen LogP contribution in [0.25, 0.3) is 0 Å². The lowest BCUT2D eigenvalue weighted by Crippen LogP contribution is -2.41. The van der Waals surface area contributed by atoms with Crippen molar-refractivity contribution < 1.29 is 13.2 Å². The molecule has 22 heavy (non-hydrogen) atoms. The Bertz CT molecular complexity index is 603. The number of benzene rings is 1. The normalized spacial score (nSPS) is 17.6. The number of carbonyl (C=O) groups is 1. The van der Waals surface area contributed by atoms with Crippen LogP contribution in [0.4, 0.5) is 4.79 Å². The van der Waals surface area contributed by atoms with Gasteiger partial charge in [-0.25, -0.2) is 13.2 Å². The third kappa shape index (κ3) is 4.47. The van der Waals surface area contributed by atoms with Crippen LogP contribution in [0.5, 0.6) is 0 Å². The van der Waals surface area contributed by atoms with Gasteiger partial charge in [0.2, 0.25) is 0 Å². The molecule has 122 valence electrons. The van der Waals surface area contributed by atoms with E-state index in [9.17, 15) is 13.2 Å². The summed E-state index contributed by atoms with van der Waals surface area (Å²) in [4.78, 5) is 14.4. The Kier molecular flexibility index (Phi) is 5.45. The lowest BCUT2D eigenvalue weighted by atomic mass is 10.1. The third-order valence-electron chi connectivity index (χ3n) is 4.04. The molecule has 5 nitrogen and oxygen atoms in total. The molecule has 1 aliphatic rings. The van der Waals surface area contributed by atoms with Gasteiger partial charge in [0.1, 0.15) is 0 Å². The zero-order valence-corrected chi connectivity index (χ0v) is 14.0. The molecule has 1 atom stereocenters. The molecule has 0 bridgehead atoms. The minimum absolute atomic E-state index is 0.0402. The molecule has 6 heteroatoms. The van der Waals surface area contributed by atoms with Gasteiger partial charge < -0.3 is 10.2 Å². The number of amides is 2. The molecular formula is C16H24N2O3S. The van der Waals surface area contributed by atoms with Gasteiger partial charge >= 0.3 is 6.03 Å². The Balaban J connectivity index is 1.99. The van der Waals surface area contributed by atoms with Gasteiger partial charge in [-0.15, -0.1) is 0 Å². The van der Waals surface area contributed by atoms with Gasteiger partial charge in [-0.1, -0.05) is 25.0 Å². The Morgan fingerprint density at radius 1 is 1.09 bits per heavy atom. The number of carbonyl (C=O) groups excluding carboxylic acids is 1. The Morgan fingerprint density at radius 3 is 2.14 bits per heavy atom. The van der Waals surface area contributed by atoms with Crippen LogP contribution in [0.3, 0.4) is 0 Å². The van der Waals surface area contributed by atoms with Crippen LogP contribution in [0, 0.1) is 0 Å². The van der Waals surface area contributed by atoms with Crippen molar-refractivity contribution in [3.63, 3.8) is 0 Å². The van der Waals surface area contributed by atoms with Gasteiger partial charge in [0.25, 0.3) is 0 Å². The van der Waals surface area contributed by atoms with Crippen molar-refractivity contribution in [2.75, 3.05) is 19.3 Å². The van der Waals surface area contributed by atoms with Crippen LogP contribution in [-0.4, -0.2) is 38.7 Å². The minimum atomic E-state index is -3.19. The monoisotopic (exact) mass is 324 g/mol. The fourth-order valence-electron chi connectivity index (χ4n) is 2.64. The third-order valence-corrected chi connectivity index (χ3v) is 5.17. The highest BCUT2D eigenvalue weighted by molar-refractivity contribution is 7.90. The van der Waals surface area contributed by atoms with Crippen molar-refractivity contribution in [3.05, 3.63) is 29.8 Å². The Hall–Kier alpha value is -1.56. The predicted octanol–water partition coefficient (Wildman–Crippen LogP) is 2.74. The largest absolute Gasteiger partial charge is 0.331 e. The molecule has 0 saturated carbocycles. The molecule has 1 saturated heterocycles. The summed E-state index contributed by atoms with van der Waals surface area (Å²) in [7, 11) is -3.19. The molecule has 1 unspecified atom stereocenters. The quantitative estimate of drug-likeness (QED) is 0.929. The van der Waals surface area contributed by atoms with E-state index in [0.29, 0.717) is 4.90 Å². The maximum absolute atomic E-state index is 12.3. The van der Waals surface area contributed by atoms with E-state index in [1.807, 2.05) is 11.8 Å². The molecule has 0 aromatic heterocycles. The number of nitrogens with zero attached hydrogens (tertiary/aromatic N) is 1. The number of rotatable bonds is 3. The standard InChI is InChI=1S/C16H24N2O3S/c1-13(14-7-9-15(10-8-14)22(2,20)21)17-16(19)18-11-5-3-4-6-12-18/h7-10,13H,3-6,11-12H2,1-2H3,(H,17,19). The number of likely N-dealkylation sites (tertiary alicyclic amines) is 1. The molecule has 1 fully saturated rings. The van der Waals surface area contributed by atoms with Gasteiger partial charge in [-0.05, 0) is 37.5 Å². The summed E-state index contributed by atoms with van der Waals surface area (Å²) < 4.78 is 22.9. The van der Waals surface area contributed by atoms with Gasteiger partial charge in [0.15, 0.2) is 9.84 Å². The van der Waals surface area contributed by atoms with E-state index in [1.165, 1.54) is 19.1 Å². The van der Waals surface area contributed by atoms with Crippen LogP contribution in [-0.2, 0) is 9.84 Å². The van der Waals surface area contributed by atoms with E-state index < -0.39 is 9.84 Å². The number of hydrogen-bond donors (Lipinski definition) is 1. The minimum Gasteiger partial charge on any atom is -0.331 e. The first-order valence-corrected chi connectivity index (χ1v) is 9.62. The highest BCUT2D eigenvalue weighted by Crippen LogP contribution is 2.17. The lowest BCUT2D eigenvalue weighted by molar-refractivity contribution is 0.196. The van der Waals surface area contributed by atoms with Gasteiger partial charge in [-0.3, -0.25) is 0 Å². The average molecular weight is 324 g/mol. The Labute approximate surface area is 132 Å². The van der Waals surface area contributed by atoms with E-state index in [4.69, 9.17) is 0 Å². The van der Waals surface area contributed by atoms with Gasteiger partial charge in [0, 0.05) is 19.3 Å². The zero-order chi connectivity index (χ0) is 16.2. The first kappa shape index (κ1) is 16.8. The van der Waals surface area contributed by atoms with E-state index in [-0.39, 0.29) is 12.1 Å². The summed E-state index contributed by atoms with van der Waals surface area (Å²) in [6.45, 7) is 3.53. The van der Waals surface area contributed by atoms with Crippen LogP contribution >= 0.6 is 0 Å². The summed E-state index contributed by atoms with van der Waals surface area (Å²) in [6, 6.07) is 6.48. The molecule has 0 spiro atoms. The Morgan fingerprint density at radius 2 is 1.64 bits per heavy atom. The molecule has 2 rings (SSSR count). The van der Waals surface area contributed by atoms with E-state index >= 15 is 0 Å². The molecule has 2 amide bonds. The molecule has 0 aliphatic carbocycles. The predicted molar refractivity (Wildman–Crippen MR) is 86.5 cm³/mol. The van der Waals surface area contributed by atoms with E-state index in [2.05, 4.69) is 5.32 Å². The van der Waals surface area contributed by atoms with Crippen molar-refractivity contribution in [1.82, 2.24) is 10.2 Å². The maximum atomic E-state index is 12.3. The molecule has 1 aromatic carbocycles. The molecule has 0 radical (unpaired) electrons. The van der Waals surface area contributed by atoms with Crippen molar-refractivity contribution in [1.29, 1.82) is 0 Å². The van der Waals surface area contributed by atoms with Crippen LogP contribution in [0.15, 0.2) is 29.2 Å². The summed E-state index contributed by atoms with van der Waals surface area (Å²) in [5, 5.41) is 2.99. The molecule has 1 aliphatic heterocycles. The number of urea groups is 1. The highest BCUT2D eigenvalue weighted by atomic mass is 32.2. The second kappa shape index (κ2) is 7.13. The first-order chi connectivity index (χ1) is 10.4. The van der Waals surface area contributed by atoms with Crippen molar-refractivity contribution in [2.24, 2.45) is 0 Å².